The van der Waals surface area contributed by atoms with Crippen molar-refractivity contribution in [3.8, 4) is 0 Å². The van der Waals surface area contributed by atoms with Crippen LogP contribution >= 0.6 is 0 Å². The molecule has 0 aromatic rings. The van der Waals surface area contributed by atoms with Crippen LogP contribution in [0.25, 0.3) is 0 Å². The van der Waals surface area contributed by atoms with Crippen LogP contribution in [-0.4, -0.2) is 46.3 Å². The molecule has 0 unspecified atom stereocenters. The Labute approximate surface area is 186 Å². The molecule has 0 aromatic carbocycles. The molecule has 3 N–H and O–H groups in total. The van der Waals surface area contributed by atoms with Gasteiger partial charge in [-0.3, -0.25) is 0 Å². The summed E-state index contributed by atoms with van der Waals surface area (Å²) in [4.78, 5) is 0. The molecule has 4 nitrogen and oxygen atoms in total. The van der Waals surface area contributed by atoms with Gasteiger partial charge in [0.15, 0.2) is 0 Å². The summed E-state index contributed by atoms with van der Waals surface area (Å²) in [6, 6.07) is 0. The lowest BCUT2D eigenvalue weighted by Crippen LogP contribution is -2.33. The van der Waals surface area contributed by atoms with E-state index in [2.05, 4.69) is 6.92 Å². The molecule has 0 aliphatic carbocycles. The van der Waals surface area contributed by atoms with E-state index in [9.17, 15) is 10.2 Å². The summed E-state index contributed by atoms with van der Waals surface area (Å²) in [5.41, 5.74) is 0. The predicted octanol–water partition coefficient (Wildman–Crippen LogP) is 6.29. The first-order valence-corrected chi connectivity index (χ1v) is 13.3. The number of ether oxygens (including phenoxy) is 1. The maximum absolute atomic E-state index is 9.92. The molecule has 1 aliphatic rings. The molecule has 0 aromatic heterocycles. The predicted molar refractivity (Wildman–Crippen MR) is 126 cm³/mol. The zero-order chi connectivity index (χ0) is 21.9. The van der Waals surface area contributed by atoms with Crippen molar-refractivity contribution < 1.29 is 20.1 Å². The van der Waals surface area contributed by atoms with E-state index in [-0.39, 0.29) is 12.7 Å². The van der Waals surface area contributed by atoms with Crippen molar-refractivity contribution in [2.24, 2.45) is 0 Å². The molecule has 1 rings (SSSR count). The van der Waals surface area contributed by atoms with E-state index in [1.165, 1.54) is 109 Å². The lowest BCUT2D eigenvalue weighted by Gasteiger charge is -2.14. The molecule has 0 amide bonds. The van der Waals surface area contributed by atoms with Gasteiger partial charge in [-0.15, -0.1) is 0 Å². The van der Waals surface area contributed by atoms with Gasteiger partial charge in [0.05, 0.1) is 12.7 Å². The Morgan fingerprint density at radius 3 is 1.17 bits per heavy atom. The van der Waals surface area contributed by atoms with Gasteiger partial charge in [0, 0.05) is 0 Å². The summed E-state index contributed by atoms with van der Waals surface area (Å²) >= 11 is 0. The monoisotopic (exact) mass is 428 g/mol. The van der Waals surface area contributed by atoms with Gasteiger partial charge >= 0.3 is 0 Å². The maximum atomic E-state index is 9.92. The van der Waals surface area contributed by atoms with Crippen molar-refractivity contribution in [3.63, 3.8) is 0 Å². The number of hydrogen-bond donors (Lipinski definition) is 3. The van der Waals surface area contributed by atoms with Crippen LogP contribution < -0.4 is 0 Å². The molecule has 0 saturated carbocycles. The van der Waals surface area contributed by atoms with E-state index in [0.717, 1.165) is 19.3 Å². The molecule has 1 heterocycles. The summed E-state index contributed by atoms with van der Waals surface area (Å²) in [5.74, 6) is 0. The molecule has 180 valence electrons. The average Bonchev–Trinajstić information content (AvgIpc) is 3.03. The van der Waals surface area contributed by atoms with Crippen LogP contribution in [0.3, 0.4) is 0 Å². The van der Waals surface area contributed by atoms with E-state index >= 15 is 0 Å². The van der Waals surface area contributed by atoms with Gasteiger partial charge in [-0.05, 0) is 6.42 Å². The number of hydrogen-bond acceptors (Lipinski definition) is 4. The van der Waals surface area contributed by atoms with E-state index < -0.39 is 18.3 Å². The van der Waals surface area contributed by atoms with Crippen LogP contribution in [0.5, 0.6) is 0 Å². The lowest BCUT2D eigenvalue weighted by molar-refractivity contribution is -0.0246. The molecular formula is C26H52O4. The number of rotatable bonds is 21. The third-order valence-corrected chi connectivity index (χ3v) is 6.73. The third kappa shape index (κ3) is 13.3. The van der Waals surface area contributed by atoms with Crippen molar-refractivity contribution in [1.82, 2.24) is 0 Å². The zero-order valence-electron chi connectivity index (χ0n) is 19.9. The van der Waals surface area contributed by atoms with Crippen LogP contribution in [0.2, 0.25) is 0 Å². The molecule has 1 saturated heterocycles. The first kappa shape index (κ1) is 27.9. The van der Waals surface area contributed by atoms with Crippen LogP contribution in [0.4, 0.5) is 0 Å². The van der Waals surface area contributed by atoms with E-state index in [4.69, 9.17) is 9.84 Å². The first-order chi connectivity index (χ1) is 14.7. The Kier molecular flexibility index (Phi) is 18.1. The molecule has 1 fully saturated rings. The fourth-order valence-electron chi connectivity index (χ4n) is 4.64. The Morgan fingerprint density at radius 2 is 0.833 bits per heavy atom. The highest BCUT2D eigenvalue weighted by Gasteiger charge is 2.41. The molecule has 0 spiro atoms. The summed E-state index contributed by atoms with van der Waals surface area (Å²) in [7, 11) is 0. The summed E-state index contributed by atoms with van der Waals surface area (Å²) < 4.78 is 5.52. The van der Waals surface area contributed by atoms with Gasteiger partial charge in [0.25, 0.3) is 0 Å². The summed E-state index contributed by atoms with van der Waals surface area (Å²) in [6.45, 7) is 2.05. The van der Waals surface area contributed by atoms with Gasteiger partial charge in [0.1, 0.15) is 18.3 Å². The van der Waals surface area contributed by atoms with E-state index in [1.54, 1.807) is 0 Å². The Bertz CT molecular complexity index is 363. The molecule has 1 aliphatic heterocycles. The minimum Gasteiger partial charge on any atom is -0.394 e. The number of aliphatic hydroxyl groups excluding tert-OH is 3. The number of unbranched alkanes of at least 4 members (excludes halogenated alkanes) is 18. The fourth-order valence-corrected chi connectivity index (χ4v) is 4.64. The summed E-state index contributed by atoms with van der Waals surface area (Å²) in [5, 5.41) is 28.8. The summed E-state index contributed by atoms with van der Waals surface area (Å²) in [6.07, 6.45) is 24.0. The Balaban J connectivity index is 1.74. The second kappa shape index (κ2) is 19.5. The van der Waals surface area contributed by atoms with Crippen molar-refractivity contribution in [3.05, 3.63) is 0 Å². The van der Waals surface area contributed by atoms with Crippen LogP contribution in [0, 0.1) is 0 Å². The lowest BCUT2D eigenvalue weighted by atomic mass is 10.0. The second-order valence-electron chi connectivity index (χ2n) is 9.53. The quantitative estimate of drug-likeness (QED) is 0.188. The topological polar surface area (TPSA) is 69.9 Å². The Hall–Kier alpha value is -0.160. The van der Waals surface area contributed by atoms with Crippen molar-refractivity contribution in [1.29, 1.82) is 0 Å². The average molecular weight is 429 g/mol. The maximum Gasteiger partial charge on any atom is 0.111 e. The molecule has 4 heteroatoms. The van der Waals surface area contributed by atoms with Crippen LogP contribution in [0.15, 0.2) is 0 Å². The van der Waals surface area contributed by atoms with Crippen LogP contribution in [-0.2, 0) is 4.74 Å². The van der Waals surface area contributed by atoms with Crippen LogP contribution in [0.1, 0.15) is 135 Å². The Morgan fingerprint density at radius 1 is 0.500 bits per heavy atom. The molecule has 0 radical (unpaired) electrons. The highest BCUT2D eigenvalue weighted by Crippen LogP contribution is 2.25. The SMILES string of the molecule is CCCCCCCCCCCCCCCCCCCCC[C@@H]1O[C@@H](CO)[C@@H](O)[C@@H]1O. The fraction of sp³-hybridized carbons (Fsp3) is 1.00. The zero-order valence-corrected chi connectivity index (χ0v) is 19.9. The standard InChI is InChI=1S/C26H52O4/c1-2-3-4-5-6-7-8-9-10-11-12-13-14-15-16-17-18-19-20-21-23-25(28)26(29)24(22-27)30-23/h23-29H,2-22H2,1H3/t23-,24-,25+,26+/m0/s1. The van der Waals surface area contributed by atoms with Gasteiger partial charge in [-0.2, -0.15) is 0 Å². The smallest absolute Gasteiger partial charge is 0.111 e. The minimum absolute atomic E-state index is 0.228. The normalized spacial score (nSPS) is 24.0. The van der Waals surface area contributed by atoms with Gasteiger partial charge in [-0.1, -0.05) is 129 Å². The van der Waals surface area contributed by atoms with Crippen molar-refractivity contribution in [2.45, 2.75) is 160 Å². The minimum atomic E-state index is -0.944. The van der Waals surface area contributed by atoms with Crippen molar-refractivity contribution in [2.75, 3.05) is 6.61 Å². The third-order valence-electron chi connectivity index (χ3n) is 6.73. The van der Waals surface area contributed by atoms with Gasteiger partial charge in [-0.25, -0.2) is 0 Å². The van der Waals surface area contributed by atoms with Gasteiger partial charge < -0.3 is 20.1 Å². The highest BCUT2D eigenvalue weighted by atomic mass is 16.6. The van der Waals surface area contributed by atoms with Crippen molar-refractivity contribution >= 4 is 0 Å². The first-order valence-electron chi connectivity index (χ1n) is 13.3. The second-order valence-corrected chi connectivity index (χ2v) is 9.53. The molecular weight excluding hydrogens is 376 g/mol. The largest absolute Gasteiger partial charge is 0.394 e. The van der Waals surface area contributed by atoms with E-state index in [0.29, 0.717) is 0 Å². The molecule has 4 atom stereocenters. The number of aliphatic hydroxyl groups is 3. The molecule has 0 bridgehead atoms. The van der Waals surface area contributed by atoms with E-state index in [1.807, 2.05) is 0 Å². The van der Waals surface area contributed by atoms with Gasteiger partial charge in [0.2, 0.25) is 0 Å². The highest BCUT2D eigenvalue weighted by molar-refractivity contribution is 4.90. The molecule has 30 heavy (non-hydrogen) atoms.